The molecule has 174 valence electrons. The first-order valence-electron chi connectivity index (χ1n) is 11.4. The molecule has 0 amide bonds. The number of aromatic amines is 1. The molecule has 5 rings (SSSR count). The van der Waals surface area contributed by atoms with E-state index < -0.39 is 12.1 Å². The molecule has 5 aromatic rings. The molecule has 0 saturated heterocycles. The molecule has 1 heterocycles. The van der Waals surface area contributed by atoms with Gasteiger partial charge in [0.15, 0.2) is 11.5 Å². The van der Waals surface area contributed by atoms with Crippen molar-refractivity contribution in [2.24, 2.45) is 4.99 Å². The molecule has 0 spiro atoms. The molecule has 4 aromatic carbocycles. The second-order valence-corrected chi connectivity index (χ2v) is 8.20. The number of hydrogen-bond acceptors (Lipinski definition) is 4. The van der Waals surface area contributed by atoms with Crippen LogP contribution in [0.15, 0.2) is 113 Å². The molecular formula is C29H25N3O3. The van der Waals surface area contributed by atoms with Gasteiger partial charge in [-0.25, -0.2) is 4.79 Å². The number of benzene rings is 4. The van der Waals surface area contributed by atoms with Crippen LogP contribution in [0, 0.1) is 0 Å². The molecule has 0 aliphatic rings. The van der Waals surface area contributed by atoms with Crippen molar-refractivity contribution in [1.82, 2.24) is 9.55 Å². The summed E-state index contributed by atoms with van der Waals surface area (Å²) in [6.07, 6.45) is 1.64. The smallest absolute Gasteiger partial charge is 0.327 e. The number of hydrogen-bond donors (Lipinski definition) is 2. The molecular weight excluding hydrogens is 438 g/mol. The maximum absolute atomic E-state index is 13.3. The third kappa shape index (κ3) is 4.34. The number of phenols is 1. The second-order valence-electron chi connectivity index (χ2n) is 8.20. The molecule has 0 unspecified atom stereocenters. The van der Waals surface area contributed by atoms with Gasteiger partial charge in [-0.05, 0) is 35.4 Å². The fraction of sp³-hybridized carbons (Fsp3) is 0.103. The SMILES string of the molecule is COc1cccc(C=N[C@@H](c2ccccc2)[C@H](c2ccccc2)n2c(=O)[nH]c3ccccc32)c1O. The van der Waals surface area contributed by atoms with E-state index in [1.165, 1.54) is 7.11 Å². The van der Waals surface area contributed by atoms with Gasteiger partial charge in [0.05, 0.1) is 30.2 Å². The molecule has 0 radical (unpaired) electrons. The van der Waals surface area contributed by atoms with Gasteiger partial charge < -0.3 is 14.8 Å². The quantitative estimate of drug-likeness (QED) is 0.313. The third-order valence-electron chi connectivity index (χ3n) is 6.11. The highest BCUT2D eigenvalue weighted by Crippen LogP contribution is 2.37. The van der Waals surface area contributed by atoms with Crippen molar-refractivity contribution >= 4 is 17.2 Å². The van der Waals surface area contributed by atoms with E-state index in [9.17, 15) is 9.90 Å². The number of H-pyrrole nitrogens is 1. The summed E-state index contributed by atoms with van der Waals surface area (Å²) < 4.78 is 7.02. The average molecular weight is 464 g/mol. The Kier molecular flexibility index (Phi) is 6.18. The monoisotopic (exact) mass is 463 g/mol. The van der Waals surface area contributed by atoms with Gasteiger partial charge >= 0.3 is 5.69 Å². The van der Waals surface area contributed by atoms with Crippen LogP contribution < -0.4 is 10.4 Å². The molecule has 6 heteroatoms. The molecule has 1 aromatic heterocycles. The molecule has 0 aliphatic carbocycles. The van der Waals surface area contributed by atoms with Crippen molar-refractivity contribution in [2.75, 3.05) is 7.11 Å². The molecule has 2 N–H and O–H groups in total. The Morgan fingerprint density at radius 3 is 2.23 bits per heavy atom. The van der Waals surface area contributed by atoms with E-state index in [4.69, 9.17) is 9.73 Å². The molecule has 0 fully saturated rings. The maximum atomic E-state index is 13.3. The number of nitrogens with zero attached hydrogens (tertiary/aromatic N) is 2. The van der Waals surface area contributed by atoms with Gasteiger partial charge in [-0.2, -0.15) is 0 Å². The van der Waals surface area contributed by atoms with Crippen molar-refractivity contribution in [1.29, 1.82) is 0 Å². The Balaban J connectivity index is 1.73. The summed E-state index contributed by atoms with van der Waals surface area (Å²) in [4.78, 5) is 21.2. The Morgan fingerprint density at radius 2 is 1.51 bits per heavy atom. The van der Waals surface area contributed by atoms with Crippen LogP contribution in [0.25, 0.3) is 11.0 Å². The first-order valence-corrected chi connectivity index (χ1v) is 11.4. The van der Waals surface area contributed by atoms with Crippen LogP contribution in [0.2, 0.25) is 0 Å². The Morgan fingerprint density at radius 1 is 0.857 bits per heavy atom. The zero-order valence-electron chi connectivity index (χ0n) is 19.2. The number of rotatable bonds is 7. The minimum absolute atomic E-state index is 0.0195. The van der Waals surface area contributed by atoms with Crippen LogP contribution in [0.1, 0.15) is 28.8 Å². The van der Waals surface area contributed by atoms with Gasteiger partial charge in [0, 0.05) is 11.8 Å². The van der Waals surface area contributed by atoms with Crippen LogP contribution in [0.5, 0.6) is 11.5 Å². The van der Waals surface area contributed by atoms with E-state index in [2.05, 4.69) is 4.98 Å². The van der Waals surface area contributed by atoms with Crippen molar-refractivity contribution in [3.63, 3.8) is 0 Å². The molecule has 0 aliphatic heterocycles. The number of ether oxygens (including phenoxy) is 1. The number of aromatic hydroxyl groups is 1. The lowest BCUT2D eigenvalue weighted by Crippen LogP contribution is -2.27. The summed E-state index contributed by atoms with van der Waals surface area (Å²) >= 11 is 0. The standard InChI is InChI=1S/C29H25N3O3/c1-35-25-18-10-15-22(28(25)33)19-30-26(20-11-4-2-5-12-20)27(21-13-6-3-7-14-21)32-24-17-9-8-16-23(24)31-29(32)34/h2-19,26-27,33H,1H3,(H,31,34)/t26-,27-/m0/s1. The van der Waals surface area contributed by atoms with Gasteiger partial charge in [-0.15, -0.1) is 0 Å². The van der Waals surface area contributed by atoms with E-state index in [0.29, 0.717) is 11.3 Å². The van der Waals surface area contributed by atoms with E-state index in [1.54, 1.807) is 29.0 Å². The van der Waals surface area contributed by atoms with Crippen molar-refractivity contribution < 1.29 is 9.84 Å². The van der Waals surface area contributed by atoms with Gasteiger partial charge in [-0.3, -0.25) is 9.56 Å². The normalized spacial score (nSPS) is 13.2. The zero-order chi connectivity index (χ0) is 24.2. The number of methoxy groups -OCH3 is 1. The Bertz CT molecular complexity index is 1520. The maximum Gasteiger partial charge on any atom is 0.327 e. The van der Waals surface area contributed by atoms with Gasteiger partial charge in [0.1, 0.15) is 0 Å². The Labute approximate surface area is 202 Å². The van der Waals surface area contributed by atoms with E-state index in [0.717, 1.165) is 22.2 Å². The summed E-state index contributed by atoms with van der Waals surface area (Å²) in [5.74, 6) is 0.392. The molecule has 0 bridgehead atoms. The largest absolute Gasteiger partial charge is 0.504 e. The van der Waals surface area contributed by atoms with Crippen LogP contribution in [0.3, 0.4) is 0 Å². The topological polar surface area (TPSA) is 79.6 Å². The summed E-state index contributed by atoms with van der Waals surface area (Å²) in [6, 6.07) is 31.8. The molecule has 6 nitrogen and oxygen atoms in total. The van der Waals surface area contributed by atoms with Gasteiger partial charge in [0.2, 0.25) is 0 Å². The second kappa shape index (κ2) is 9.73. The fourth-order valence-corrected chi connectivity index (χ4v) is 4.44. The van der Waals surface area contributed by atoms with E-state index in [-0.39, 0.29) is 11.4 Å². The number of nitrogens with one attached hydrogen (secondary N) is 1. The van der Waals surface area contributed by atoms with E-state index >= 15 is 0 Å². The highest BCUT2D eigenvalue weighted by molar-refractivity contribution is 5.85. The number of aromatic nitrogens is 2. The van der Waals surface area contributed by atoms with Crippen LogP contribution in [0.4, 0.5) is 0 Å². The molecule has 2 atom stereocenters. The zero-order valence-corrected chi connectivity index (χ0v) is 19.2. The predicted octanol–water partition coefficient (Wildman–Crippen LogP) is 5.49. The van der Waals surface area contributed by atoms with Crippen LogP contribution in [-0.4, -0.2) is 28.0 Å². The van der Waals surface area contributed by atoms with Crippen LogP contribution in [-0.2, 0) is 0 Å². The van der Waals surface area contributed by atoms with Crippen LogP contribution >= 0.6 is 0 Å². The summed E-state index contributed by atoms with van der Waals surface area (Å²) in [7, 11) is 1.51. The number of fused-ring (bicyclic) bond motifs is 1. The van der Waals surface area contributed by atoms with Crippen molar-refractivity contribution in [3.05, 3.63) is 130 Å². The fourth-order valence-electron chi connectivity index (χ4n) is 4.44. The number of aliphatic imine (C=N–C) groups is 1. The predicted molar refractivity (Wildman–Crippen MR) is 139 cm³/mol. The Hall–Kier alpha value is -4.58. The highest BCUT2D eigenvalue weighted by atomic mass is 16.5. The van der Waals surface area contributed by atoms with Crippen molar-refractivity contribution in [3.8, 4) is 11.5 Å². The number of phenolic OH excluding ortho intramolecular Hbond substituents is 1. The minimum atomic E-state index is -0.457. The lowest BCUT2D eigenvalue weighted by atomic mass is 9.93. The number of para-hydroxylation sites is 3. The lowest BCUT2D eigenvalue weighted by molar-refractivity contribution is 0.373. The molecule has 35 heavy (non-hydrogen) atoms. The first kappa shape index (κ1) is 22.2. The first-order chi connectivity index (χ1) is 17.2. The molecule has 0 saturated carbocycles. The van der Waals surface area contributed by atoms with E-state index in [1.807, 2.05) is 84.9 Å². The summed E-state index contributed by atoms with van der Waals surface area (Å²) in [5.41, 5.74) is 3.77. The van der Waals surface area contributed by atoms with Gasteiger partial charge in [-0.1, -0.05) is 78.9 Å². The summed E-state index contributed by atoms with van der Waals surface area (Å²) in [5, 5.41) is 10.6. The minimum Gasteiger partial charge on any atom is -0.504 e. The highest BCUT2D eigenvalue weighted by Gasteiger charge is 2.29. The summed E-state index contributed by atoms with van der Waals surface area (Å²) in [6.45, 7) is 0. The van der Waals surface area contributed by atoms with Gasteiger partial charge in [0.25, 0.3) is 0 Å². The lowest BCUT2D eigenvalue weighted by Gasteiger charge is -2.26. The number of imidazole rings is 1. The third-order valence-corrected chi connectivity index (χ3v) is 6.11. The average Bonchev–Trinajstić information content (AvgIpc) is 3.23. The van der Waals surface area contributed by atoms with Crippen molar-refractivity contribution in [2.45, 2.75) is 12.1 Å².